The summed E-state index contributed by atoms with van der Waals surface area (Å²) in [5.41, 5.74) is 3.74. The Kier molecular flexibility index (Phi) is 4.16. The van der Waals surface area contributed by atoms with E-state index in [9.17, 15) is 8.42 Å². The quantitative estimate of drug-likeness (QED) is 0.614. The van der Waals surface area contributed by atoms with Crippen molar-refractivity contribution in [2.45, 2.75) is 44.0 Å². The predicted octanol–water partition coefficient (Wildman–Crippen LogP) is 1.72. The number of sulfonamides is 1. The minimum atomic E-state index is -3.43. The second-order valence-corrected chi connectivity index (χ2v) is 6.30. The topological polar surface area (TPSA) is 83.5 Å². The summed E-state index contributed by atoms with van der Waals surface area (Å²) >= 11 is 0. The molecule has 104 valence electrons. The van der Waals surface area contributed by atoms with Gasteiger partial charge in [-0.2, -0.15) is 5.10 Å². The van der Waals surface area contributed by atoms with Gasteiger partial charge < -0.3 is 0 Å². The van der Waals surface area contributed by atoms with Gasteiger partial charge in [-0.3, -0.25) is 5.43 Å². The number of hydrogen-bond donors (Lipinski definition) is 2. The Hall–Kier alpha value is -1.47. The summed E-state index contributed by atoms with van der Waals surface area (Å²) in [7, 11) is -3.43. The Morgan fingerprint density at radius 2 is 2.21 bits per heavy atom. The summed E-state index contributed by atoms with van der Waals surface area (Å²) in [5.74, 6) is 0.526. The van der Waals surface area contributed by atoms with Crippen molar-refractivity contribution in [2.75, 3.05) is 5.43 Å². The molecule has 0 spiro atoms. The summed E-state index contributed by atoms with van der Waals surface area (Å²) in [6.07, 6.45) is 4.02. The van der Waals surface area contributed by atoms with E-state index in [2.05, 4.69) is 20.2 Å². The molecule has 2 rings (SSSR count). The standard InChI is InChI=1S/C12H18N4O2S/c1-3-9(2)14-15-12-7-6-11(8-13-12)19(17,18)16-10-4-5-10/h6-8,10,16H,3-5H2,1-2H3,(H,13,15)/b14-9+. The van der Waals surface area contributed by atoms with Crippen LogP contribution in [0.25, 0.3) is 0 Å². The van der Waals surface area contributed by atoms with Crippen LogP contribution in [0.15, 0.2) is 28.3 Å². The van der Waals surface area contributed by atoms with Crippen LogP contribution in [0.5, 0.6) is 0 Å². The first-order valence-corrected chi connectivity index (χ1v) is 7.77. The fourth-order valence-electron chi connectivity index (χ4n) is 1.33. The van der Waals surface area contributed by atoms with Crippen molar-refractivity contribution in [3.8, 4) is 0 Å². The molecule has 6 nitrogen and oxygen atoms in total. The summed E-state index contributed by atoms with van der Waals surface area (Å²) in [5, 5.41) is 4.10. The number of nitrogens with zero attached hydrogens (tertiary/aromatic N) is 2. The van der Waals surface area contributed by atoms with E-state index in [0.29, 0.717) is 5.82 Å². The van der Waals surface area contributed by atoms with Gasteiger partial charge in [0.15, 0.2) is 0 Å². The number of hydrazone groups is 1. The van der Waals surface area contributed by atoms with Gasteiger partial charge in [0, 0.05) is 18.0 Å². The summed E-state index contributed by atoms with van der Waals surface area (Å²) in [6, 6.07) is 3.23. The number of aromatic nitrogens is 1. The molecule has 0 aromatic carbocycles. The average Bonchev–Trinajstić information content (AvgIpc) is 3.19. The van der Waals surface area contributed by atoms with Crippen LogP contribution < -0.4 is 10.1 Å². The first-order chi connectivity index (χ1) is 9.01. The van der Waals surface area contributed by atoms with Crippen LogP contribution in [-0.2, 0) is 10.0 Å². The Bertz CT molecular complexity index is 562. The second-order valence-electron chi connectivity index (χ2n) is 4.59. The average molecular weight is 282 g/mol. The van der Waals surface area contributed by atoms with E-state index >= 15 is 0 Å². The molecule has 0 atom stereocenters. The van der Waals surface area contributed by atoms with Crippen LogP contribution in [0.2, 0.25) is 0 Å². The monoisotopic (exact) mass is 282 g/mol. The van der Waals surface area contributed by atoms with E-state index in [0.717, 1.165) is 25.0 Å². The zero-order valence-corrected chi connectivity index (χ0v) is 11.9. The molecule has 1 fully saturated rings. The van der Waals surface area contributed by atoms with Crippen LogP contribution in [0.4, 0.5) is 5.82 Å². The van der Waals surface area contributed by atoms with Crippen molar-refractivity contribution >= 4 is 21.6 Å². The van der Waals surface area contributed by atoms with Gasteiger partial charge in [0.25, 0.3) is 0 Å². The third-order valence-corrected chi connectivity index (χ3v) is 4.32. The predicted molar refractivity (Wildman–Crippen MR) is 74.6 cm³/mol. The lowest BCUT2D eigenvalue weighted by Crippen LogP contribution is -2.25. The Balaban J connectivity index is 2.05. The number of hydrogen-bond acceptors (Lipinski definition) is 5. The minimum Gasteiger partial charge on any atom is -0.261 e. The Morgan fingerprint density at radius 1 is 1.47 bits per heavy atom. The number of pyridine rings is 1. The summed E-state index contributed by atoms with van der Waals surface area (Å²) in [6.45, 7) is 3.92. The molecule has 7 heteroatoms. The summed E-state index contributed by atoms with van der Waals surface area (Å²) in [4.78, 5) is 4.22. The Labute approximate surface area is 113 Å². The van der Waals surface area contributed by atoms with Gasteiger partial charge in [-0.05, 0) is 38.3 Å². The molecule has 1 aliphatic carbocycles. The van der Waals surface area contributed by atoms with Crippen molar-refractivity contribution in [3.63, 3.8) is 0 Å². The van der Waals surface area contributed by atoms with Crippen LogP contribution in [0.3, 0.4) is 0 Å². The molecule has 0 aliphatic heterocycles. The fourth-order valence-corrected chi connectivity index (χ4v) is 2.58. The van der Waals surface area contributed by atoms with E-state index in [4.69, 9.17) is 0 Å². The van der Waals surface area contributed by atoms with Crippen molar-refractivity contribution in [1.82, 2.24) is 9.71 Å². The molecule has 0 bridgehead atoms. The summed E-state index contributed by atoms with van der Waals surface area (Å²) < 4.78 is 26.4. The molecule has 0 saturated heterocycles. The maximum absolute atomic E-state index is 11.9. The molecule has 1 aromatic heterocycles. The molecule has 2 N–H and O–H groups in total. The Morgan fingerprint density at radius 3 is 2.74 bits per heavy atom. The van der Waals surface area contributed by atoms with E-state index in [-0.39, 0.29) is 10.9 Å². The molecule has 1 aliphatic rings. The van der Waals surface area contributed by atoms with Gasteiger partial charge in [-0.25, -0.2) is 18.1 Å². The molecule has 0 amide bonds. The van der Waals surface area contributed by atoms with E-state index in [1.807, 2.05) is 13.8 Å². The second kappa shape index (κ2) is 5.66. The van der Waals surface area contributed by atoms with Gasteiger partial charge in [0.05, 0.1) is 0 Å². The number of anilines is 1. The molecule has 19 heavy (non-hydrogen) atoms. The fraction of sp³-hybridized carbons (Fsp3) is 0.500. The van der Waals surface area contributed by atoms with E-state index < -0.39 is 10.0 Å². The zero-order chi connectivity index (χ0) is 13.9. The van der Waals surface area contributed by atoms with Gasteiger partial charge in [-0.15, -0.1) is 0 Å². The van der Waals surface area contributed by atoms with E-state index in [1.54, 1.807) is 6.07 Å². The van der Waals surface area contributed by atoms with E-state index in [1.165, 1.54) is 12.3 Å². The van der Waals surface area contributed by atoms with Gasteiger partial charge in [0.2, 0.25) is 10.0 Å². The third kappa shape index (κ3) is 4.00. The van der Waals surface area contributed by atoms with Crippen molar-refractivity contribution in [1.29, 1.82) is 0 Å². The normalized spacial score (nSPS) is 16.4. The molecule has 1 saturated carbocycles. The largest absolute Gasteiger partial charge is 0.261 e. The van der Waals surface area contributed by atoms with Crippen LogP contribution >= 0.6 is 0 Å². The highest BCUT2D eigenvalue weighted by atomic mass is 32.2. The van der Waals surface area contributed by atoms with Crippen LogP contribution in [0, 0.1) is 0 Å². The third-order valence-electron chi connectivity index (χ3n) is 2.82. The lowest BCUT2D eigenvalue weighted by molar-refractivity contribution is 0.580. The van der Waals surface area contributed by atoms with Crippen LogP contribution in [-0.4, -0.2) is 25.2 Å². The van der Waals surface area contributed by atoms with Gasteiger partial charge in [0.1, 0.15) is 10.7 Å². The molecular formula is C12H18N4O2S. The van der Waals surface area contributed by atoms with Crippen molar-refractivity contribution in [3.05, 3.63) is 18.3 Å². The molecular weight excluding hydrogens is 264 g/mol. The zero-order valence-electron chi connectivity index (χ0n) is 11.0. The molecule has 0 unspecified atom stereocenters. The lowest BCUT2D eigenvalue weighted by Gasteiger charge is -2.06. The maximum Gasteiger partial charge on any atom is 0.242 e. The lowest BCUT2D eigenvalue weighted by atomic mass is 10.3. The maximum atomic E-state index is 11.9. The van der Waals surface area contributed by atoms with Gasteiger partial charge in [-0.1, -0.05) is 6.92 Å². The molecule has 1 heterocycles. The van der Waals surface area contributed by atoms with Crippen molar-refractivity contribution in [2.24, 2.45) is 5.10 Å². The van der Waals surface area contributed by atoms with Crippen LogP contribution in [0.1, 0.15) is 33.1 Å². The molecule has 0 radical (unpaired) electrons. The smallest absolute Gasteiger partial charge is 0.242 e. The van der Waals surface area contributed by atoms with Gasteiger partial charge >= 0.3 is 0 Å². The van der Waals surface area contributed by atoms with Crippen molar-refractivity contribution < 1.29 is 8.42 Å². The minimum absolute atomic E-state index is 0.0969. The highest BCUT2D eigenvalue weighted by Crippen LogP contribution is 2.22. The first kappa shape index (κ1) is 14.0. The highest BCUT2D eigenvalue weighted by molar-refractivity contribution is 7.89. The highest BCUT2D eigenvalue weighted by Gasteiger charge is 2.28. The SMILES string of the molecule is CC/C(C)=N/Nc1ccc(S(=O)(=O)NC2CC2)cn1. The first-order valence-electron chi connectivity index (χ1n) is 6.29. The number of rotatable bonds is 6. The number of nitrogens with one attached hydrogen (secondary N) is 2. The molecule has 1 aromatic rings.